The van der Waals surface area contributed by atoms with Crippen LogP contribution >= 0.6 is 0 Å². The highest BCUT2D eigenvalue weighted by molar-refractivity contribution is 5.80. The number of aliphatic imine (C=N–C) groups is 1. The molecule has 1 atom stereocenters. The summed E-state index contributed by atoms with van der Waals surface area (Å²) in [5, 5.41) is 7.21. The van der Waals surface area contributed by atoms with Crippen LogP contribution in [0.15, 0.2) is 65.9 Å². The van der Waals surface area contributed by atoms with E-state index in [2.05, 4.69) is 73.7 Å². The molecule has 33 heavy (non-hydrogen) atoms. The minimum absolute atomic E-state index is 0.0370. The molecule has 2 heterocycles. The van der Waals surface area contributed by atoms with Gasteiger partial charge in [-0.25, -0.2) is 4.98 Å². The van der Waals surface area contributed by atoms with Gasteiger partial charge in [0.05, 0.1) is 6.04 Å². The Balaban J connectivity index is 1.26. The third kappa shape index (κ3) is 4.75. The Morgan fingerprint density at radius 1 is 1.15 bits per heavy atom. The van der Waals surface area contributed by atoms with Crippen LogP contribution in [0.3, 0.4) is 0 Å². The van der Waals surface area contributed by atoms with Crippen molar-refractivity contribution in [3.8, 4) is 5.75 Å². The molecular weight excluding hydrogens is 410 g/mol. The highest BCUT2D eigenvalue weighted by Crippen LogP contribution is 2.46. The first-order valence-electron chi connectivity index (χ1n) is 11.9. The van der Waals surface area contributed by atoms with Crippen LogP contribution in [0, 0.1) is 6.92 Å². The summed E-state index contributed by atoms with van der Waals surface area (Å²) in [5.74, 6) is 2.86. The molecule has 1 saturated carbocycles. The molecule has 0 amide bonds. The van der Waals surface area contributed by atoms with Crippen LogP contribution in [-0.2, 0) is 13.1 Å². The Morgan fingerprint density at radius 2 is 1.97 bits per heavy atom. The third-order valence-corrected chi connectivity index (χ3v) is 6.97. The number of nitrogens with zero attached hydrogens (tertiary/aromatic N) is 3. The zero-order valence-electron chi connectivity index (χ0n) is 19.6. The van der Waals surface area contributed by atoms with E-state index >= 15 is 0 Å². The van der Waals surface area contributed by atoms with Gasteiger partial charge in [0.2, 0.25) is 0 Å². The van der Waals surface area contributed by atoms with E-state index in [1.54, 1.807) is 0 Å². The number of para-hydroxylation sites is 1. The zero-order valence-corrected chi connectivity index (χ0v) is 19.6. The topological polar surface area (TPSA) is 63.5 Å². The Labute approximate surface area is 196 Å². The highest BCUT2D eigenvalue weighted by Gasteiger charge is 2.43. The van der Waals surface area contributed by atoms with Gasteiger partial charge in [0.25, 0.3) is 0 Å². The molecule has 1 unspecified atom stereocenters. The number of benzene rings is 2. The molecular formula is C27H33N5O. The lowest BCUT2D eigenvalue weighted by Gasteiger charge is -2.40. The Kier molecular flexibility index (Phi) is 6.07. The Bertz CT molecular complexity index is 1130. The van der Waals surface area contributed by atoms with Gasteiger partial charge in [-0.3, -0.25) is 4.99 Å². The van der Waals surface area contributed by atoms with Crippen LogP contribution in [-0.4, -0.2) is 28.2 Å². The lowest BCUT2D eigenvalue weighted by Crippen LogP contribution is -2.46. The van der Waals surface area contributed by atoms with Gasteiger partial charge in [0.15, 0.2) is 5.96 Å². The summed E-state index contributed by atoms with van der Waals surface area (Å²) in [6.45, 7) is 3.57. The molecule has 1 aliphatic carbocycles. The predicted molar refractivity (Wildman–Crippen MR) is 131 cm³/mol. The summed E-state index contributed by atoms with van der Waals surface area (Å²) in [7, 11) is 1.84. The van der Waals surface area contributed by atoms with Crippen molar-refractivity contribution in [3.05, 3.63) is 83.4 Å². The molecule has 0 radical (unpaired) electrons. The molecule has 6 heteroatoms. The number of aryl methyl sites for hydroxylation is 1. The van der Waals surface area contributed by atoms with Gasteiger partial charge < -0.3 is 19.9 Å². The van der Waals surface area contributed by atoms with Crippen LogP contribution in [0.5, 0.6) is 5.75 Å². The standard InChI is InChI=1S/C27H33N5O/c1-20-29-14-15-32(20)19-22-9-7-8-21(16-22)18-30-26(28-2)31-24-17-27(12-5-6-13-27)33-25-11-4-3-10-23(24)25/h3-4,7-11,14-16,24H,5-6,12-13,17-19H2,1-2H3,(H2,28,30,31). The monoisotopic (exact) mass is 443 g/mol. The molecule has 5 rings (SSSR count). The van der Waals surface area contributed by atoms with E-state index in [0.717, 1.165) is 43.3 Å². The van der Waals surface area contributed by atoms with Crippen molar-refractivity contribution in [3.63, 3.8) is 0 Å². The first-order chi connectivity index (χ1) is 16.1. The normalized spacial score (nSPS) is 19.2. The largest absolute Gasteiger partial charge is 0.487 e. The summed E-state index contributed by atoms with van der Waals surface area (Å²) >= 11 is 0. The van der Waals surface area contributed by atoms with Gasteiger partial charge in [-0.1, -0.05) is 42.5 Å². The fourth-order valence-electron chi connectivity index (χ4n) is 5.22. The second-order valence-corrected chi connectivity index (χ2v) is 9.28. The van der Waals surface area contributed by atoms with E-state index in [9.17, 15) is 0 Å². The fraction of sp³-hybridized carbons (Fsp3) is 0.407. The smallest absolute Gasteiger partial charge is 0.191 e. The van der Waals surface area contributed by atoms with Crippen molar-refractivity contribution in [1.82, 2.24) is 20.2 Å². The second-order valence-electron chi connectivity index (χ2n) is 9.28. The molecule has 3 aromatic rings. The zero-order chi connectivity index (χ0) is 22.7. The molecule has 6 nitrogen and oxygen atoms in total. The summed E-state index contributed by atoms with van der Waals surface area (Å²) in [4.78, 5) is 8.84. The second kappa shape index (κ2) is 9.30. The molecule has 1 aromatic heterocycles. The van der Waals surface area contributed by atoms with Crippen molar-refractivity contribution >= 4 is 5.96 Å². The average Bonchev–Trinajstić information content (AvgIpc) is 3.45. The predicted octanol–water partition coefficient (Wildman–Crippen LogP) is 4.74. The van der Waals surface area contributed by atoms with Gasteiger partial charge in [-0.15, -0.1) is 0 Å². The lowest BCUT2D eigenvalue weighted by molar-refractivity contribution is 0.0396. The Hall–Kier alpha value is -3.28. The molecule has 1 spiro atoms. The molecule has 0 saturated heterocycles. The van der Waals surface area contributed by atoms with E-state index in [0.29, 0.717) is 6.54 Å². The summed E-state index contributed by atoms with van der Waals surface area (Å²) < 4.78 is 8.67. The van der Waals surface area contributed by atoms with Crippen molar-refractivity contribution in [2.45, 2.75) is 63.8 Å². The maximum absolute atomic E-state index is 6.51. The van der Waals surface area contributed by atoms with E-state index < -0.39 is 0 Å². The number of aromatic nitrogens is 2. The van der Waals surface area contributed by atoms with E-state index in [1.807, 2.05) is 26.4 Å². The average molecular weight is 444 g/mol. The number of fused-ring (bicyclic) bond motifs is 1. The van der Waals surface area contributed by atoms with Crippen molar-refractivity contribution in [1.29, 1.82) is 0 Å². The third-order valence-electron chi connectivity index (χ3n) is 6.97. The molecule has 1 aliphatic heterocycles. The molecule has 2 aromatic carbocycles. The van der Waals surface area contributed by atoms with Gasteiger partial charge in [0, 0.05) is 44.5 Å². The van der Waals surface area contributed by atoms with E-state index in [-0.39, 0.29) is 11.6 Å². The van der Waals surface area contributed by atoms with Crippen molar-refractivity contribution < 1.29 is 4.74 Å². The van der Waals surface area contributed by atoms with Crippen LogP contribution in [0.1, 0.15) is 60.7 Å². The first-order valence-corrected chi connectivity index (χ1v) is 11.9. The molecule has 1 fully saturated rings. The number of rotatable bonds is 5. The summed E-state index contributed by atoms with van der Waals surface area (Å²) in [6, 6.07) is 17.3. The number of imidazole rings is 1. The number of guanidine groups is 1. The van der Waals surface area contributed by atoms with Crippen LogP contribution < -0.4 is 15.4 Å². The van der Waals surface area contributed by atoms with E-state index in [1.165, 1.54) is 29.5 Å². The molecule has 0 bridgehead atoms. The van der Waals surface area contributed by atoms with Gasteiger partial charge >= 0.3 is 0 Å². The van der Waals surface area contributed by atoms with Crippen LogP contribution in [0.2, 0.25) is 0 Å². The number of nitrogens with one attached hydrogen (secondary N) is 2. The Morgan fingerprint density at radius 3 is 2.76 bits per heavy atom. The quantitative estimate of drug-likeness (QED) is 0.442. The minimum Gasteiger partial charge on any atom is -0.487 e. The summed E-state index contributed by atoms with van der Waals surface area (Å²) in [5.41, 5.74) is 3.67. The van der Waals surface area contributed by atoms with Gasteiger partial charge in [0.1, 0.15) is 17.2 Å². The number of hydrogen-bond donors (Lipinski definition) is 2. The SMILES string of the molecule is CN=C(NCc1cccc(Cn2ccnc2C)c1)NC1CC2(CCCC2)Oc2ccccc21. The van der Waals surface area contributed by atoms with Crippen molar-refractivity contribution in [2.24, 2.45) is 4.99 Å². The summed E-state index contributed by atoms with van der Waals surface area (Å²) in [6.07, 6.45) is 9.61. The first kappa shape index (κ1) is 21.6. The lowest BCUT2D eigenvalue weighted by atomic mass is 9.86. The van der Waals surface area contributed by atoms with Crippen LogP contribution in [0.25, 0.3) is 0 Å². The van der Waals surface area contributed by atoms with Gasteiger partial charge in [-0.2, -0.15) is 0 Å². The maximum Gasteiger partial charge on any atom is 0.191 e. The minimum atomic E-state index is -0.0370. The van der Waals surface area contributed by atoms with Crippen molar-refractivity contribution in [2.75, 3.05) is 7.05 Å². The molecule has 172 valence electrons. The highest BCUT2D eigenvalue weighted by atomic mass is 16.5. The number of hydrogen-bond acceptors (Lipinski definition) is 3. The maximum atomic E-state index is 6.51. The number of ether oxygens (including phenoxy) is 1. The van der Waals surface area contributed by atoms with Gasteiger partial charge in [-0.05, 0) is 49.8 Å². The molecule has 2 N–H and O–H groups in total. The van der Waals surface area contributed by atoms with E-state index in [4.69, 9.17) is 4.74 Å². The molecule has 2 aliphatic rings. The fourth-order valence-corrected chi connectivity index (χ4v) is 5.22. The van der Waals surface area contributed by atoms with Crippen LogP contribution in [0.4, 0.5) is 0 Å².